The van der Waals surface area contributed by atoms with Crippen LogP contribution < -0.4 is 5.32 Å². The van der Waals surface area contributed by atoms with E-state index in [2.05, 4.69) is 5.32 Å². The molecule has 0 aromatic heterocycles. The summed E-state index contributed by atoms with van der Waals surface area (Å²) in [6.45, 7) is 4.72. The van der Waals surface area contributed by atoms with E-state index in [9.17, 15) is 14.4 Å². The van der Waals surface area contributed by atoms with Gasteiger partial charge in [0, 0.05) is 25.3 Å². The molecule has 32 heavy (non-hydrogen) atoms. The van der Waals surface area contributed by atoms with E-state index in [1.165, 1.54) is 4.90 Å². The predicted molar refractivity (Wildman–Crippen MR) is 119 cm³/mol. The molecule has 4 rings (SSSR count). The van der Waals surface area contributed by atoms with Crippen molar-refractivity contribution in [2.75, 3.05) is 25.0 Å². The number of benzene rings is 2. The van der Waals surface area contributed by atoms with Crippen LogP contribution in [0.5, 0.6) is 0 Å². The number of fused-ring (bicyclic) bond motifs is 1. The van der Waals surface area contributed by atoms with Crippen LogP contribution in [0, 0.1) is 13.8 Å². The van der Waals surface area contributed by atoms with E-state index in [1.807, 2.05) is 44.2 Å². The van der Waals surface area contributed by atoms with Gasteiger partial charge in [-0.25, -0.2) is 4.79 Å². The molecule has 2 aliphatic rings. The van der Waals surface area contributed by atoms with Crippen molar-refractivity contribution >= 4 is 23.5 Å². The monoisotopic (exact) mass is 436 g/mol. The molecule has 2 heterocycles. The number of esters is 1. The first kappa shape index (κ1) is 22.0. The van der Waals surface area contributed by atoms with Gasteiger partial charge in [-0.05, 0) is 55.5 Å². The van der Waals surface area contributed by atoms with Gasteiger partial charge in [-0.15, -0.1) is 0 Å². The third kappa shape index (κ3) is 4.83. The molecule has 1 saturated heterocycles. The minimum atomic E-state index is -0.952. The summed E-state index contributed by atoms with van der Waals surface area (Å²) in [6.07, 6.45) is 0.968. The number of nitrogens with one attached hydrogen (secondary N) is 1. The number of rotatable bonds is 6. The van der Waals surface area contributed by atoms with Crippen LogP contribution in [0.15, 0.2) is 42.5 Å². The molecule has 0 aliphatic carbocycles. The van der Waals surface area contributed by atoms with E-state index in [1.54, 1.807) is 12.1 Å². The molecule has 7 nitrogen and oxygen atoms in total. The lowest BCUT2D eigenvalue weighted by molar-refractivity contribution is -0.144. The molecular weight excluding hydrogens is 408 g/mol. The minimum Gasteiger partial charge on any atom is -0.448 e. The zero-order chi connectivity index (χ0) is 22.7. The molecule has 7 heteroatoms. The number of hydrogen-bond acceptors (Lipinski definition) is 5. The van der Waals surface area contributed by atoms with E-state index in [0.717, 1.165) is 35.2 Å². The largest absolute Gasteiger partial charge is 0.448 e. The Morgan fingerprint density at radius 3 is 2.72 bits per heavy atom. The van der Waals surface area contributed by atoms with Gasteiger partial charge in [-0.1, -0.05) is 30.3 Å². The average molecular weight is 437 g/mol. The minimum absolute atomic E-state index is 0.126. The molecule has 0 bridgehead atoms. The Bertz CT molecular complexity index is 1030. The topological polar surface area (TPSA) is 84.9 Å². The lowest BCUT2D eigenvalue weighted by Gasteiger charge is -2.31. The van der Waals surface area contributed by atoms with Crippen LogP contribution in [0.1, 0.15) is 39.9 Å². The maximum atomic E-state index is 13.4. The van der Waals surface area contributed by atoms with Crippen molar-refractivity contribution in [2.24, 2.45) is 0 Å². The van der Waals surface area contributed by atoms with Crippen LogP contribution in [-0.2, 0) is 25.5 Å². The molecule has 2 unspecified atom stereocenters. The summed E-state index contributed by atoms with van der Waals surface area (Å²) < 4.78 is 11.2. The summed E-state index contributed by atoms with van der Waals surface area (Å²) in [7, 11) is 0. The maximum absolute atomic E-state index is 13.4. The number of aryl methyl sites for hydroxylation is 1. The second-order valence-corrected chi connectivity index (χ2v) is 8.40. The summed E-state index contributed by atoms with van der Waals surface area (Å²) in [6, 6.07) is 12.8. The Labute approximate surface area is 187 Å². The molecule has 0 saturated carbocycles. The lowest BCUT2D eigenvalue weighted by atomic mass is 9.98. The Morgan fingerprint density at radius 2 is 1.94 bits per heavy atom. The fourth-order valence-electron chi connectivity index (χ4n) is 4.19. The van der Waals surface area contributed by atoms with Crippen LogP contribution in [0.2, 0.25) is 0 Å². The molecule has 2 aromatic rings. The van der Waals surface area contributed by atoms with Crippen LogP contribution in [0.25, 0.3) is 0 Å². The highest BCUT2D eigenvalue weighted by Gasteiger charge is 2.35. The highest BCUT2D eigenvalue weighted by Crippen LogP contribution is 2.23. The number of hydrogen-bond donors (Lipinski definition) is 1. The Hall–Kier alpha value is -3.19. The predicted octanol–water partition coefficient (Wildman–Crippen LogP) is 3.03. The van der Waals surface area contributed by atoms with E-state index in [0.29, 0.717) is 18.6 Å². The van der Waals surface area contributed by atoms with Crippen molar-refractivity contribution in [1.29, 1.82) is 0 Å². The van der Waals surface area contributed by atoms with E-state index < -0.39 is 12.1 Å². The normalized spacial score (nSPS) is 19.8. The SMILES string of the molecule is Cc1cccc(NC(=O)CN(CC2CCCO2)C(=O)C2Cc3ccccc3C(=O)O2)c1C. The summed E-state index contributed by atoms with van der Waals surface area (Å²) in [5.74, 6) is -1.19. The van der Waals surface area contributed by atoms with Gasteiger partial charge in [-0.2, -0.15) is 0 Å². The third-order valence-electron chi connectivity index (χ3n) is 6.14. The maximum Gasteiger partial charge on any atom is 0.339 e. The quantitative estimate of drug-likeness (QED) is 0.704. The summed E-state index contributed by atoms with van der Waals surface area (Å²) in [4.78, 5) is 40.1. The van der Waals surface area contributed by atoms with Crippen molar-refractivity contribution < 1.29 is 23.9 Å². The fraction of sp³-hybridized carbons (Fsp3) is 0.400. The molecule has 2 aliphatic heterocycles. The van der Waals surface area contributed by atoms with Crippen LogP contribution in [0.4, 0.5) is 5.69 Å². The number of nitrogens with zero attached hydrogens (tertiary/aromatic N) is 1. The van der Waals surface area contributed by atoms with Crippen molar-refractivity contribution in [3.05, 3.63) is 64.7 Å². The van der Waals surface area contributed by atoms with Crippen molar-refractivity contribution in [2.45, 2.75) is 45.3 Å². The first-order chi connectivity index (χ1) is 15.4. The van der Waals surface area contributed by atoms with Crippen LogP contribution in [-0.4, -0.2) is 54.6 Å². The van der Waals surface area contributed by atoms with Gasteiger partial charge in [0.1, 0.15) is 6.54 Å². The molecule has 168 valence electrons. The highest BCUT2D eigenvalue weighted by molar-refractivity contribution is 5.98. The van der Waals surface area contributed by atoms with Gasteiger partial charge < -0.3 is 19.7 Å². The molecule has 2 amide bonds. The summed E-state index contributed by atoms with van der Waals surface area (Å²) in [5.41, 5.74) is 4.03. The Kier molecular flexibility index (Phi) is 6.55. The number of ether oxygens (including phenoxy) is 2. The lowest BCUT2D eigenvalue weighted by Crippen LogP contribution is -2.49. The molecule has 0 radical (unpaired) electrons. The molecule has 2 aromatic carbocycles. The zero-order valence-electron chi connectivity index (χ0n) is 18.4. The van der Waals surface area contributed by atoms with Gasteiger partial charge in [0.15, 0.2) is 6.10 Å². The molecule has 1 N–H and O–H groups in total. The van der Waals surface area contributed by atoms with E-state index in [4.69, 9.17) is 9.47 Å². The van der Waals surface area contributed by atoms with Crippen LogP contribution >= 0.6 is 0 Å². The van der Waals surface area contributed by atoms with Crippen molar-refractivity contribution in [3.8, 4) is 0 Å². The van der Waals surface area contributed by atoms with Gasteiger partial charge in [-0.3, -0.25) is 9.59 Å². The third-order valence-corrected chi connectivity index (χ3v) is 6.14. The first-order valence-electron chi connectivity index (χ1n) is 11.0. The molecular formula is C25H28N2O5. The summed E-state index contributed by atoms with van der Waals surface area (Å²) >= 11 is 0. The van der Waals surface area contributed by atoms with Crippen LogP contribution in [0.3, 0.4) is 0 Å². The zero-order valence-corrected chi connectivity index (χ0v) is 18.4. The Balaban J connectivity index is 1.50. The smallest absolute Gasteiger partial charge is 0.339 e. The van der Waals surface area contributed by atoms with E-state index in [-0.39, 0.29) is 31.0 Å². The summed E-state index contributed by atoms with van der Waals surface area (Å²) in [5, 5.41) is 2.91. The van der Waals surface area contributed by atoms with Gasteiger partial charge in [0.25, 0.3) is 5.91 Å². The Morgan fingerprint density at radius 1 is 1.12 bits per heavy atom. The number of amides is 2. The highest BCUT2D eigenvalue weighted by atomic mass is 16.5. The van der Waals surface area contributed by atoms with Gasteiger partial charge in [0.2, 0.25) is 5.91 Å². The van der Waals surface area contributed by atoms with Gasteiger partial charge >= 0.3 is 5.97 Å². The standard InChI is InChI=1S/C25H28N2O5/c1-16-7-5-11-21(17(16)2)26-23(28)15-27(14-19-9-6-12-31-19)24(29)22-13-18-8-3-4-10-20(18)25(30)32-22/h3-5,7-8,10-11,19,22H,6,9,12-15H2,1-2H3,(H,26,28). The molecule has 0 spiro atoms. The molecule has 1 fully saturated rings. The first-order valence-corrected chi connectivity index (χ1v) is 11.0. The fourth-order valence-corrected chi connectivity index (χ4v) is 4.19. The molecule has 2 atom stereocenters. The second kappa shape index (κ2) is 9.53. The van der Waals surface area contributed by atoms with Crippen molar-refractivity contribution in [1.82, 2.24) is 4.90 Å². The van der Waals surface area contributed by atoms with Gasteiger partial charge in [0.05, 0.1) is 11.7 Å². The number of carbonyl (C=O) groups is 3. The second-order valence-electron chi connectivity index (χ2n) is 8.40. The number of cyclic esters (lactones) is 1. The number of carbonyl (C=O) groups excluding carboxylic acids is 3. The van der Waals surface area contributed by atoms with E-state index >= 15 is 0 Å². The average Bonchev–Trinajstić information content (AvgIpc) is 3.29. The number of anilines is 1. The van der Waals surface area contributed by atoms with Crippen molar-refractivity contribution in [3.63, 3.8) is 0 Å².